The van der Waals surface area contributed by atoms with Gasteiger partial charge in [0.05, 0.1) is 4.90 Å². The number of benzene rings is 2. The maximum Gasteiger partial charge on any atom is 0.263 e. The summed E-state index contributed by atoms with van der Waals surface area (Å²) in [5.41, 5.74) is 3.13. The third kappa shape index (κ3) is 6.54. The fourth-order valence-electron chi connectivity index (χ4n) is 3.38. The van der Waals surface area contributed by atoms with E-state index in [1.165, 1.54) is 24.3 Å². The lowest BCUT2D eigenvalue weighted by Crippen LogP contribution is -2.22. The zero-order valence-corrected chi connectivity index (χ0v) is 21.1. The summed E-state index contributed by atoms with van der Waals surface area (Å²) in [4.78, 5) is 20.7. The van der Waals surface area contributed by atoms with Gasteiger partial charge in [-0.3, -0.25) is 9.52 Å². The molecule has 0 aliphatic heterocycles. The molecule has 3 rings (SSSR count). The van der Waals surface area contributed by atoms with E-state index in [0.717, 1.165) is 11.1 Å². The van der Waals surface area contributed by atoms with E-state index in [2.05, 4.69) is 46.8 Å². The van der Waals surface area contributed by atoms with Crippen molar-refractivity contribution in [3.8, 4) is 5.75 Å². The predicted molar refractivity (Wildman–Crippen MR) is 133 cm³/mol. The maximum atomic E-state index is 12.7. The van der Waals surface area contributed by atoms with Gasteiger partial charge in [-0.2, -0.15) is 0 Å². The molecule has 8 nitrogen and oxygen atoms in total. The summed E-state index contributed by atoms with van der Waals surface area (Å²) in [6, 6.07) is 13.3. The van der Waals surface area contributed by atoms with Gasteiger partial charge in [0.1, 0.15) is 17.4 Å². The van der Waals surface area contributed by atoms with Gasteiger partial charge in [-0.25, -0.2) is 18.4 Å². The number of hydrogen-bond donors (Lipinski definition) is 2. The molecule has 0 bridgehead atoms. The van der Waals surface area contributed by atoms with Crippen LogP contribution in [-0.2, 0) is 20.2 Å². The Morgan fingerprint density at radius 1 is 0.971 bits per heavy atom. The minimum atomic E-state index is -3.84. The van der Waals surface area contributed by atoms with Gasteiger partial charge in [-0.05, 0) is 62.1 Å². The number of nitrogens with one attached hydrogen (secondary N) is 2. The topological polar surface area (TPSA) is 110 Å². The molecule has 0 saturated heterocycles. The molecular formula is C25H30N4O4S. The molecule has 3 aromatic rings. The molecule has 0 atom stereocenters. The lowest BCUT2D eigenvalue weighted by molar-refractivity contribution is -0.118. The average Bonchev–Trinajstić information content (AvgIpc) is 2.71. The number of anilines is 2. The smallest absolute Gasteiger partial charge is 0.263 e. The zero-order valence-electron chi connectivity index (χ0n) is 20.3. The van der Waals surface area contributed by atoms with Crippen LogP contribution in [-0.4, -0.2) is 30.9 Å². The maximum absolute atomic E-state index is 12.7. The largest absolute Gasteiger partial charge is 0.483 e. The second kappa shape index (κ2) is 9.80. The van der Waals surface area contributed by atoms with E-state index in [1.54, 1.807) is 19.9 Å². The summed E-state index contributed by atoms with van der Waals surface area (Å²) in [5, 5.41) is 2.73. The van der Waals surface area contributed by atoms with Crippen LogP contribution in [0.5, 0.6) is 5.75 Å². The van der Waals surface area contributed by atoms with E-state index in [9.17, 15) is 13.2 Å². The second-order valence-corrected chi connectivity index (χ2v) is 10.8. The van der Waals surface area contributed by atoms with Crippen LogP contribution < -0.4 is 14.8 Å². The van der Waals surface area contributed by atoms with Crippen LogP contribution in [0.25, 0.3) is 0 Å². The van der Waals surface area contributed by atoms with Gasteiger partial charge in [-0.15, -0.1) is 0 Å². The first-order valence-corrected chi connectivity index (χ1v) is 12.3. The van der Waals surface area contributed by atoms with Gasteiger partial charge in [0.2, 0.25) is 0 Å². The first kappa shape index (κ1) is 25.2. The van der Waals surface area contributed by atoms with Crippen molar-refractivity contribution >= 4 is 27.4 Å². The molecule has 2 aromatic carbocycles. The molecule has 0 unspecified atom stereocenters. The lowest BCUT2D eigenvalue weighted by atomic mass is 9.85. The molecule has 2 N–H and O–H groups in total. The standard InChI is InChI=1S/C25H30N4O4S/c1-16-7-12-22(21(13-16)25(4,5)6)33-15-24(30)28-19-8-10-20(11-9-19)34(31,32)29-23-14-17(2)26-18(3)27-23/h7-14H,15H2,1-6H3,(H,28,30)(H,26,27,29). The Bertz CT molecular complexity index is 1280. The van der Waals surface area contributed by atoms with Gasteiger partial charge in [0.25, 0.3) is 15.9 Å². The van der Waals surface area contributed by atoms with E-state index < -0.39 is 10.0 Å². The summed E-state index contributed by atoms with van der Waals surface area (Å²) < 4.78 is 33.6. The fraction of sp³-hybridized carbons (Fsp3) is 0.320. The molecule has 0 radical (unpaired) electrons. The highest BCUT2D eigenvalue weighted by molar-refractivity contribution is 7.92. The summed E-state index contributed by atoms with van der Waals surface area (Å²) >= 11 is 0. The van der Waals surface area contributed by atoms with Crippen LogP contribution in [0.1, 0.15) is 43.4 Å². The quantitative estimate of drug-likeness (QED) is 0.512. The number of carbonyl (C=O) groups excluding carboxylic acids is 1. The van der Waals surface area contributed by atoms with Crippen LogP contribution in [0, 0.1) is 20.8 Å². The fourth-order valence-corrected chi connectivity index (χ4v) is 4.37. The third-order valence-electron chi connectivity index (χ3n) is 4.96. The first-order chi connectivity index (χ1) is 15.8. The summed E-state index contributed by atoms with van der Waals surface area (Å²) in [6.45, 7) is 11.6. The van der Waals surface area contributed by atoms with Crippen molar-refractivity contribution in [2.45, 2.75) is 51.9 Å². The zero-order chi connectivity index (χ0) is 25.1. The van der Waals surface area contributed by atoms with Crippen LogP contribution in [0.2, 0.25) is 0 Å². The van der Waals surface area contributed by atoms with E-state index in [4.69, 9.17) is 4.74 Å². The van der Waals surface area contributed by atoms with Crippen molar-refractivity contribution in [1.29, 1.82) is 0 Å². The Balaban J connectivity index is 1.64. The summed E-state index contributed by atoms with van der Waals surface area (Å²) in [7, 11) is -3.84. The minimum absolute atomic E-state index is 0.0464. The SMILES string of the molecule is Cc1ccc(OCC(=O)Nc2ccc(S(=O)(=O)Nc3cc(C)nc(C)n3)cc2)c(C(C)(C)C)c1. The minimum Gasteiger partial charge on any atom is -0.483 e. The van der Waals surface area contributed by atoms with Crippen molar-refractivity contribution < 1.29 is 17.9 Å². The number of ether oxygens (including phenoxy) is 1. The van der Waals surface area contributed by atoms with Crippen LogP contribution in [0.4, 0.5) is 11.5 Å². The number of aromatic nitrogens is 2. The highest BCUT2D eigenvalue weighted by atomic mass is 32.2. The number of hydrogen-bond acceptors (Lipinski definition) is 6. The molecule has 0 saturated carbocycles. The van der Waals surface area contributed by atoms with Gasteiger partial charge in [-0.1, -0.05) is 38.5 Å². The average molecular weight is 483 g/mol. The van der Waals surface area contributed by atoms with Gasteiger partial charge >= 0.3 is 0 Å². The molecule has 0 aliphatic rings. The van der Waals surface area contributed by atoms with Crippen LogP contribution >= 0.6 is 0 Å². The molecular weight excluding hydrogens is 452 g/mol. The highest BCUT2D eigenvalue weighted by Gasteiger charge is 2.20. The number of rotatable bonds is 7. The number of nitrogens with zero attached hydrogens (tertiary/aromatic N) is 2. The summed E-state index contributed by atoms with van der Waals surface area (Å²) in [5.74, 6) is 0.987. The molecule has 1 amide bonds. The van der Waals surface area contributed by atoms with E-state index in [0.29, 0.717) is 23.0 Å². The van der Waals surface area contributed by atoms with Crippen molar-refractivity contribution in [1.82, 2.24) is 9.97 Å². The van der Waals surface area contributed by atoms with Crippen LogP contribution in [0.15, 0.2) is 53.4 Å². The monoisotopic (exact) mass is 482 g/mol. The molecule has 1 aromatic heterocycles. The van der Waals surface area contributed by atoms with Crippen LogP contribution in [0.3, 0.4) is 0 Å². The Labute approximate surface area is 200 Å². The first-order valence-electron chi connectivity index (χ1n) is 10.8. The number of aryl methyl sites for hydroxylation is 3. The van der Waals surface area contributed by atoms with E-state index >= 15 is 0 Å². The molecule has 0 aliphatic carbocycles. The predicted octanol–water partition coefficient (Wildman–Crippen LogP) is 4.52. The Hall–Kier alpha value is -3.46. The number of amides is 1. The van der Waals surface area contributed by atoms with E-state index in [1.807, 2.05) is 19.1 Å². The third-order valence-corrected chi connectivity index (χ3v) is 6.33. The number of carbonyl (C=O) groups is 1. The molecule has 1 heterocycles. The van der Waals surface area contributed by atoms with Crippen molar-refractivity contribution in [3.05, 3.63) is 71.2 Å². The molecule has 9 heteroatoms. The van der Waals surface area contributed by atoms with Crippen molar-refractivity contribution in [2.24, 2.45) is 0 Å². The second-order valence-electron chi connectivity index (χ2n) is 9.16. The van der Waals surface area contributed by atoms with Crippen molar-refractivity contribution in [2.75, 3.05) is 16.6 Å². The normalized spacial score (nSPS) is 11.7. The Morgan fingerprint density at radius 2 is 1.65 bits per heavy atom. The van der Waals surface area contributed by atoms with Gasteiger partial charge in [0.15, 0.2) is 6.61 Å². The number of sulfonamides is 1. The molecule has 0 fully saturated rings. The summed E-state index contributed by atoms with van der Waals surface area (Å²) in [6.07, 6.45) is 0. The van der Waals surface area contributed by atoms with Gasteiger partial charge in [0, 0.05) is 17.4 Å². The highest BCUT2D eigenvalue weighted by Crippen LogP contribution is 2.32. The lowest BCUT2D eigenvalue weighted by Gasteiger charge is -2.23. The molecule has 34 heavy (non-hydrogen) atoms. The van der Waals surface area contributed by atoms with Crippen molar-refractivity contribution in [3.63, 3.8) is 0 Å². The molecule has 180 valence electrons. The Morgan fingerprint density at radius 3 is 2.26 bits per heavy atom. The van der Waals surface area contributed by atoms with E-state index in [-0.39, 0.29) is 28.6 Å². The molecule has 0 spiro atoms. The Kier molecular flexibility index (Phi) is 7.26. The van der Waals surface area contributed by atoms with Gasteiger partial charge < -0.3 is 10.1 Å².